The third kappa shape index (κ3) is 4.76. The number of hydrogen-bond acceptors (Lipinski definition) is 4. The molecule has 1 aliphatic rings. The largest absolute Gasteiger partial charge is 0.224 e. The van der Waals surface area contributed by atoms with Crippen LogP contribution in [0.1, 0.15) is 38.2 Å². The lowest BCUT2D eigenvalue weighted by Gasteiger charge is -2.26. The summed E-state index contributed by atoms with van der Waals surface area (Å²) in [6, 6.07) is 8.17. The van der Waals surface area contributed by atoms with E-state index < -0.39 is 9.84 Å². The zero-order chi connectivity index (χ0) is 15.3. The van der Waals surface area contributed by atoms with Crippen molar-refractivity contribution in [1.29, 1.82) is 5.26 Å². The third-order valence-electron chi connectivity index (χ3n) is 3.94. The minimum atomic E-state index is -3.23. The molecule has 0 amide bonds. The van der Waals surface area contributed by atoms with Gasteiger partial charge >= 0.3 is 0 Å². The predicted octanol–water partition coefficient (Wildman–Crippen LogP) is 3.64. The van der Waals surface area contributed by atoms with Gasteiger partial charge in [0.2, 0.25) is 0 Å². The summed E-state index contributed by atoms with van der Waals surface area (Å²) < 4.78 is 24.5. The molecule has 1 saturated carbocycles. The Morgan fingerprint density at radius 1 is 1.29 bits per heavy atom. The zero-order valence-electron chi connectivity index (χ0n) is 12.3. The summed E-state index contributed by atoms with van der Waals surface area (Å²) in [7, 11) is -3.23. The molecular weight excluding hydrogens is 302 g/mol. The monoisotopic (exact) mass is 323 g/mol. The summed E-state index contributed by atoms with van der Waals surface area (Å²) >= 11 is 1.80. The highest BCUT2D eigenvalue weighted by Gasteiger charge is 2.20. The lowest BCUT2D eigenvalue weighted by atomic mass is 9.91. The van der Waals surface area contributed by atoms with Crippen LogP contribution in [0.25, 0.3) is 0 Å². The van der Waals surface area contributed by atoms with E-state index in [-0.39, 0.29) is 5.75 Å². The molecule has 1 fully saturated rings. The van der Waals surface area contributed by atoms with Crippen LogP contribution in [0.3, 0.4) is 0 Å². The van der Waals surface area contributed by atoms with Crippen LogP contribution in [0.15, 0.2) is 29.2 Å². The van der Waals surface area contributed by atoms with Gasteiger partial charge in [-0.3, -0.25) is 0 Å². The van der Waals surface area contributed by atoms with Gasteiger partial charge in [0.15, 0.2) is 9.84 Å². The highest BCUT2D eigenvalue weighted by Crippen LogP contribution is 2.32. The lowest BCUT2D eigenvalue weighted by molar-refractivity contribution is 0.394. The molecule has 5 heteroatoms. The van der Waals surface area contributed by atoms with Crippen molar-refractivity contribution >= 4 is 21.6 Å². The first kappa shape index (κ1) is 16.4. The van der Waals surface area contributed by atoms with E-state index in [1.165, 1.54) is 37.8 Å². The summed E-state index contributed by atoms with van der Waals surface area (Å²) in [5, 5.41) is 9.35. The quantitative estimate of drug-likeness (QED) is 0.830. The molecule has 0 aromatic heterocycles. The maximum atomic E-state index is 12.2. The molecule has 114 valence electrons. The Morgan fingerprint density at radius 2 is 2.00 bits per heavy atom. The maximum Gasteiger partial charge on any atom is 0.179 e. The zero-order valence-corrected chi connectivity index (χ0v) is 13.9. The van der Waals surface area contributed by atoms with Crippen LogP contribution in [0.4, 0.5) is 0 Å². The molecule has 0 heterocycles. The highest BCUT2D eigenvalue weighted by atomic mass is 32.2. The molecule has 0 bridgehead atoms. The van der Waals surface area contributed by atoms with Crippen molar-refractivity contribution in [3.05, 3.63) is 29.8 Å². The van der Waals surface area contributed by atoms with Crippen LogP contribution in [-0.4, -0.2) is 25.2 Å². The first-order valence-electron chi connectivity index (χ1n) is 7.36. The summed E-state index contributed by atoms with van der Waals surface area (Å²) in [6.07, 6.45) is 5.00. The van der Waals surface area contributed by atoms with E-state index in [0.717, 1.165) is 5.92 Å². The van der Waals surface area contributed by atoms with Crippen molar-refractivity contribution in [1.82, 2.24) is 0 Å². The van der Waals surface area contributed by atoms with Crippen molar-refractivity contribution in [3.63, 3.8) is 0 Å². The number of nitrogens with zero attached hydrogens (tertiary/aromatic N) is 1. The minimum absolute atomic E-state index is 0.175. The fraction of sp³-hybridized carbons (Fsp3) is 0.562. The summed E-state index contributed by atoms with van der Waals surface area (Å²) in [6.45, 7) is 2.28. The summed E-state index contributed by atoms with van der Waals surface area (Å²) in [4.78, 5) is 0.319. The molecular formula is C16H21NO2S2. The van der Waals surface area contributed by atoms with Crippen LogP contribution >= 0.6 is 11.8 Å². The Kier molecular flexibility index (Phi) is 5.72. The van der Waals surface area contributed by atoms with Crippen molar-refractivity contribution < 1.29 is 8.42 Å². The maximum absolute atomic E-state index is 12.2. The van der Waals surface area contributed by atoms with Gasteiger partial charge in [-0.1, -0.05) is 19.8 Å². The number of rotatable bonds is 5. The average Bonchev–Trinajstić information content (AvgIpc) is 2.47. The molecule has 1 aromatic carbocycles. The van der Waals surface area contributed by atoms with Crippen LogP contribution in [0.2, 0.25) is 0 Å². The topological polar surface area (TPSA) is 57.9 Å². The van der Waals surface area contributed by atoms with Gasteiger partial charge in [-0.05, 0) is 43.0 Å². The van der Waals surface area contributed by atoms with Crippen molar-refractivity contribution in [3.8, 4) is 6.07 Å². The average molecular weight is 323 g/mol. The number of sulfone groups is 1. The summed E-state index contributed by atoms with van der Waals surface area (Å²) in [5.41, 5.74) is 0.486. The second kappa shape index (κ2) is 7.33. The number of thioether (sulfide) groups is 1. The molecule has 0 saturated heterocycles. The third-order valence-corrected chi connectivity index (χ3v) is 7.27. The van der Waals surface area contributed by atoms with E-state index in [4.69, 9.17) is 5.26 Å². The van der Waals surface area contributed by atoms with E-state index >= 15 is 0 Å². The van der Waals surface area contributed by atoms with Crippen LogP contribution in [-0.2, 0) is 9.84 Å². The molecule has 0 radical (unpaired) electrons. The van der Waals surface area contributed by atoms with Gasteiger partial charge in [0.05, 0.1) is 22.3 Å². The molecule has 0 aliphatic heterocycles. The Morgan fingerprint density at radius 3 is 2.62 bits per heavy atom. The number of nitriles is 1. The molecule has 21 heavy (non-hydrogen) atoms. The predicted molar refractivity (Wildman–Crippen MR) is 87.1 cm³/mol. The van der Waals surface area contributed by atoms with E-state index in [1.807, 2.05) is 6.07 Å². The molecule has 2 rings (SSSR count). The Bertz CT molecular complexity index is 602. The van der Waals surface area contributed by atoms with Crippen LogP contribution < -0.4 is 0 Å². The Labute approximate surface area is 131 Å². The molecule has 2 unspecified atom stereocenters. The SMILES string of the molecule is CC1CCCC(SCCS(=O)(=O)c2ccc(C#N)cc2)C1. The molecule has 0 N–H and O–H groups in total. The fourth-order valence-corrected chi connectivity index (χ4v) is 5.89. The van der Waals surface area contributed by atoms with Gasteiger partial charge in [0, 0.05) is 11.0 Å². The van der Waals surface area contributed by atoms with E-state index in [2.05, 4.69) is 6.92 Å². The van der Waals surface area contributed by atoms with Gasteiger partial charge in [-0.2, -0.15) is 17.0 Å². The smallest absolute Gasteiger partial charge is 0.179 e. The van der Waals surface area contributed by atoms with Crippen LogP contribution in [0.5, 0.6) is 0 Å². The van der Waals surface area contributed by atoms with Gasteiger partial charge in [0.25, 0.3) is 0 Å². The fourth-order valence-electron chi connectivity index (χ4n) is 2.71. The number of hydrogen-bond donors (Lipinski definition) is 0. The molecule has 0 spiro atoms. The van der Waals surface area contributed by atoms with Crippen LogP contribution in [0, 0.1) is 17.2 Å². The molecule has 1 aliphatic carbocycles. The van der Waals surface area contributed by atoms with Gasteiger partial charge in [-0.15, -0.1) is 0 Å². The molecule has 3 nitrogen and oxygen atoms in total. The molecule has 2 atom stereocenters. The first-order chi connectivity index (χ1) is 10.0. The normalized spacial score (nSPS) is 22.7. The lowest BCUT2D eigenvalue weighted by Crippen LogP contribution is -2.17. The van der Waals surface area contributed by atoms with E-state index in [0.29, 0.717) is 21.5 Å². The molecule has 1 aromatic rings. The van der Waals surface area contributed by atoms with Crippen molar-refractivity contribution in [2.24, 2.45) is 5.92 Å². The second-order valence-electron chi connectivity index (χ2n) is 5.72. The van der Waals surface area contributed by atoms with Gasteiger partial charge < -0.3 is 0 Å². The number of benzene rings is 1. The first-order valence-corrected chi connectivity index (χ1v) is 10.1. The van der Waals surface area contributed by atoms with Gasteiger partial charge in [-0.25, -0.2) is 8.42 Å². The highest BCUT2D eigenvalue weighted by molar-refractivity contribution is 8.01. The van der Waals surface area contributed by atoms with E-state index in [9.17, 15) is 8.42 Å². The van der Waals surface area contributed by atoms with Gasteiger partial charge in [0.1, 0.15) is 0 Å². The second-order valence-corrected chi connectivity index (χ2v) is 9.24. The van der Waals surface area contributed by atoms with E-state index in [1.54, 1.807) is 23.9 Å². The Hall–Kier alpha value is -0.990. The standard InChI is InChI=1S/C16H21NO2S2/c1-13-3-2-4-15(11-13)20-9-10-21(18,19)16-7-5-14(12-17)6-8-16/h5-8,13,15H,2-4,9-11H2,1H3. The minimum Gasteiger partial charge on any atom is -0.224 e. The van der Waals surface area contributed by atoms with Crippen molar-refractivity contribution in [2.75, 3.05) is 11.5 Å². The van der Waals surface area contributed by atoms with Crippen molar-refractivity contribution in [2.45, 2.75) is 42.8 Å². The summed E-state index contributed by atoms with van der Waals surface area (Å²) in [5.74, 6) is 1.60. The Balaban J connectivity index is 1.87.